The molecular weight excluding hydrogens is 507 g/mol. The lowest BCUT2D eigenvalue weighted by Gasteiger charge is -2.28. The van der Waals surface area contributed by atoms with Crippen LogP contribution < -0.4 is 9.47 Å². The largest absolute Gasteiger partial charge is 0.497 e. The van der Waals surface area contributed by atoms with Gasteiger partial charge < -0.3 is 19.7 Å². The number of aliphatic carboxylic acids is 1. The van der Waals surface area contributed by atoms with Crippen molar-refractivity contribution in [2.24, 2.45) is 10.8 Å². The first-order valence-electron chi connectivity index (χ1n) is 14.0. The van der Waals surface area contributed by atoms with Crippen LogP contribution >= 0.6 is 0 Å². The molecule has 40 heavy (non-hydrogen) atoms. The lowest BCUT2D eigenvalue weighted by Crippen LogP contribution is -2.19. The van der Waals surface area contributed by atoms with Crippen molar-refractivity contribution in [2.75, 3.05) is 7.11 Å². The Balaban J connectivity index is 1.60. The summed E-state index contributed by atoms with van der Waals surface area (Å²) in [5.41, 5.74) is 3.19. The van der Waals surface area contributed by atoms with Gasteiger partial charge in [-0.05, 0) is 94.7 Å². The molecule has 0 unspecified atom stereocenters. The minimum atomic E-state index is -0.846. The van der Waals surface area contributed by atoms with Crippen LogP contribution in [0.3, 0.4) is 0 Å². The molecule has 0 heterocycles. The zero-order valence-electron chi connectivity index (χ0n) is 24.2. The summed E-state index contributed by atoms with van der Waals surface area (Å²) in [6, 6.07) is 17.9. The Morgan fingerprint density at radius 1 is 1.02 bits per heavy atom. The highest BCUT2D eigenvalue weighted by Crippen LogP contribution is 2.55. The van der Waals surface area contributed by atoms with Crippen LogP contribution in [0, 0.1) is 16.6 Å². The number of carboxylic acids is 1. The second-order valence-corrected chi connectivity index (χ2v) is 12.2. The van der Waals surface area contributed by atoms with E-state index in [4.69, 9.17) is 9.47 Å². The zero-order chi connectivity index (χ0) is 29.1. The highest BCUT2D eigenvalue weighted by Gasteiger charge is 2.42. The van der Waals surface area contributed by atoms with Gasteiger partial charge in [-0.2, -0.15) is 0 Å². The molecule has 1 fully saturated rings. The van der Waals surface area contributed by atoms with Gasteiger partial charge in [-0.25, -0.2) is 4.39 Å². The summed E-state index contributed by atoms with van der Waals surface area (Å²) in [4.78, 5) is 11.6. The molecule has 0 spiro atoms. The number of methoxy groups -OCH3 is 1. The molecule has 0 saturated heterocycles. The number of hydrogen-bond acceptors (Lipinski definition) is 4. The molecule has 214 valence electrons. The molecule has 0 bridgehead atoms. The number of aliphatic hydroxyl groups excluding tert-OH is 1. The quantitative estimate of drug-likeness (QED) is 0.238. The van der Waals surface area contributed by atoms with Gasteiger partial charge in [0.1, 0.15) is 23.9 Å². The molecule has 6 heteroatoms. The second kappa shape index (κ2) is 12.0. The molecular formula is C34H41FO5. The summed E-state index contributed by atoms with van der Waals surface area (Å²) >= 11 is 0. The van der Waals surface area contributed by atoms with Crippen molar-refractivity contribution < 1.29 is 28.9 Å². The average molecular weight is 549 g/mol. The van der Waals surface area contributed by atoms with Crippen molar-refractivity contribution in [1.29, 1.82) is 0 Å². The first-order valence-corrected chi connectivity index (χ1v) is 14.0. The number of aliphatic hydroxyl groups is 1. The SMILES string of the molecule is CCC1(C[C@@H](CC(=O)O)c2cccc(OCc3ccc(-c4cc(OC)ccc4F)c([C@@H](O)C(C)(C)C)c3)c2)CC1. The van der Waals surface area contributed by atoms with Crippen molar-refractivity contribution in [3.63, 3.8) is 0 Å². The predicted octanol–water partition coefficient (Wildman–Crippen LogP) is 8.30. The monoisotopic (exact) mass is 548 g/mol. The molecule has 1 aliphatic rings. The van der Waals surface area contributed by atoms with Gasteiger partial charge in [0.2, 0.25) is 0 Å². The molecule has 4 rings (SSSR count). The molecule has 3 aromatic carbocycles. The fourth-order valence-corrected chi connectivity index (χ4v) is 5.42. The van der Waals surface area contributed by atoms with Crippen LogP contribution in [0.2, 0.25) is 0 Å². The average Bonchev–Trinajstić information content (AvgIpc) is 3.70. The Kier molecular flexibility index (Phi) is 8.89. The van der Waals surface area contributed by atoms with E-state index in [0.29, 0.717) is 28.2 Å². The standard InChI is InChI=1S/C34H41FO5/c1-6-34(14-15-34)20-24(18-31(36)37)23-8-7-9-26(17-23)40-21-22-10-12-27(29(16-22)32(38)33(2,3)4)28-19-25(39-5)11-13-30(28)35/h7-13,16-17,19,24,32,38H,6,14-15,18,20-21H2,1-5H3,(H,36,37)/t24-,32-/m1/s1. The first kappa shape index (κ1) is 29.6. The summed E-state index contributed by atoms with van der Waals surface area (Å²) in [5, 5.41) is 20.8. The van der Waals surface area contributed by atoms with Crippen LogP contribution in [0.5, 0.6) is 11.5 Å². The molecule has 0 aliphatic heterocycles. The van der Waals surface area contributed by atoms with Crippen molar-refractivity contribution in [3.8, 4) is 22.6 Å². The number of rotatable bonds is 12. The number of hydrogen-bond donors (Lipinski definition) is 2. The Morgan fingerprint density at radius 2 is 1.77 bits per heavy atom. The van der Waals surface area contributed by atoms with Gasteiger partial charge in [0.25, 0.3) is 0 Å². The molecule has 0 amide bonds. The van der Waals surface area contributed by atoms with Crippen LogP contribution in [0.4, 0.5) is 4.39 Å². The Morgan fingerprint density at radius 3 is 2.40 bits per heavy atom. The van der Waals surface area contributed by atoms with Crippen molar-refractivity contribution in [3.05, 3.63) is 83.2 Å². The highest BCUT2D eigenvalue weighted by atomic mass is 19.1. The third-order valence-corrected chi connectivity index (χ3v) is 8.24. The lowest BCUT2D eigenvalue weighted by molar-refractivity contribution is -0.137. The van der Waals surface area contributed by atoms with Crippen LogP contribution in [0.15, 0.2) is 60.7 Å². The van der Waals surface area contributed by atoms with Gasteiger partial charge >= 0.3 is 5.97 Å². The maximum Gasteiger partial charge on any atom is 0.303 e. The maximum absolute atomic E-state index is 14.9. The molecule has 2 N–H and O–H groups in total. The molecule has 5 nitrogen and oxygen atoms in total. The van der Waals surface area contributed by atoms with Gasteiger partial charge in [0.05, 0.1) is 19.6 Å². The van der Waals surface area contributed by atoms with Crippen molar-refractivity contribution in [1.82, 2.24) is 0 Å². The Bertz CT molecular complexity index is 1340. The third kappa shape index (κ3) is 7.03. The predicted molar refractivity (Wildman–Crippen MR) is 155 cm³/mol. The van der Waals surface area contributed by atoms with E-state index in [1.165, 1.54) is 13.2 Å². The van der Waals surface area contributed by atoms with Crippen molar-refractivity contribution in [2.45, 2.75) is 78.4 Å². The number of benzene rings is 3. The number of carbonyl (C=O) groups is 1. The number of halogens is 1. The summed E-state index contributed by atoms with van der Waals surface area (Å²) in [5.74, 6) is -0.0477. The summed E-state index contributed by atoms with van der Waals surface area (Å²) in [7, 11) is 1.54. The van der Waals surface area contributed by atoms with Gasteiger partial charge in [-0.15, -0.1) is 0 Å². The van der Waals surface area contributed by atoms with E-state index in [9.17, 15) is 19.4 Å². The molecule has 3 aromatic rings. The Hall–Kier alpha value is -3.38. The second-order valence-electron chi connectivity index (χ2n) is 12.2. The molecule has 0 aromatic heterocycles. The van der Waals surface area contributed by atoms with E-state index >= 15 is 0 Å². The molecule has 0 radical (unpaired) electrons. The van der Waals surface area contributed by atoms with Crippen LogP contribution in [-0.2, 0) is 11.4 Å². The van der Waals surface area contributed by atoms with Gasteiger partial charge in [0, 0.05) is 5.56 Å². The summed E-state index contributed by atoms with van der Waals surface area (Å²) < 4.78 is 26.4. The first-order chi connectivity index (χ1) is 18.9. The van der Waals surface area contributed by atoms with E-state index in [2.05, 4.69) is 6.92 Å². The third-order valence-electron chi connectivity index (χ3n) is 8.24. The highest BCUT2D eigenvalue weighted by molar-refractivity contribution is 5.70. The number of carboxylic acid groups (broad SMARTS) is 1. The van der Waals surface area contributed by atoms with E-state index in [1.807, 2.05) is 63.2 Å². The van der Waals surface area contributed by atoms with Crippen LogP contribution in [-0.4, -0.2) is 23.3 Å². The summed E-state index contributed by atoms with van der Waals surface area (Å²) in [6.45, 7) is 8.25. The number of ether oxygens (including phenoxy) is 2. The topological polar surface area (TPSA) is 76.0 Å². The van der Waals surface area contributed by atoms with Crippen molar-refractivity contribution >= 4 is 5.97 Å². The maximum atomic E-state index is 14.9. The van der Waals surface area contributed by atoms with Gasteiger partial charge in [0.15, 0.2) is 0 Å². The fourth-order valence-electron chi connectivity index (χ4n) is 5.42. The lowest BCUT2D eigenvalue weighted by atomic mass is 9.81. The Labute approximate surface area is 237 Å². The van der Waals surface area contributed by atoms with E-state index in [1.54, 1.807) is 12.1 Å². The summed E-state index contributed by atoms with van der Waals surface area (Å²) in [6.07, 6.45) is 3.51. The molecule has 2 atom stereocenters. The van der Waals surface area contributed by atoms with Crippen LogP contribution in [0.25, 0.3) is 11.1 Å². The molecule has 1 saturated carbocycles. The normalized spacial score (nSPS) is 15.8. The van der Waals surface area contributed by atoms with Gasteiger partial charge in [-0.3, -0.25) is 4.79 Å². The van der Waals surface area contributed by atoms with E-state index in [0.717, 1.165) is 36.8 Å². The van der Waals surface area contributed by atoms with E-state index < -0.39 is 23.3 Å². The van der Waals surface area contributed by atoms with Gasteiger partial charge in [-0.1, -0.05) is 58.4 Å². The minimum absolute atomic E-state index is 0.0610. The molecule has 1 aliphatic carbocycles. The van der Waals surface area contributed by atoms with E-state index in [-0.39, 0.29) is 24.4 Å². The minimum Gasteiger partial charge on any atom is -0.497 e. The zero-order valence-corrected chi connectivity index (χ0v) is 24.2. The fraction of sp³-hybridized carbons (Fsp3) is 0.441. The smallest absolute Gasteiger partial charge is 0.303 e. The van der Waals surface area contributed by atoms with Crippen LogP contribution in [0.1, 0.15) is 88.5 Å².